The summed E-state index contributed by atoms with van der Waals surface area (Å²) in [5.41, 5.74) is 8.69. The number of nitrogens with two attached hydrogens (primary N) is 1. The lowest BCUT2D eigenvalue weighted by atomic mass is 9.86. The normalized spacial score (nSPS) is 15.9. The van der Waals surface area contributed by atoms with Gasteiger partial charge in [-0.3, -0.25) is 4.79 Å². The molecule has 1 fully saturated rings. The molecule has 0 spiro atoms. The van der Waals surface area contributed by atoms with Crippen LogP contribution < -0.4 is 11.3 Å². The fourth-order valence-corrected chi connectivity index (χ4v) is 3.62. The molecule has 0 amide bonds. The van der Waals surface area contributed by atoms with Crippen LogP contribution in [0, 0.1) is 0 Å². The van der Waals surface area contributed by atoms with Gasteiger partial charge in [-0.1, -0.05) is 19.3 Å². The lowest BCUT2D eigenvalue weighted by molar-refractivity contribution is 0.435. The Hall–Kier alpha value is -2.63. The average Bonchev–Trinajstić information content (AvgIpc) is 2.94. The summed E-state index contributed by atoms with van der Waals surface area (Å²) in [7, 11) is 1.86. The summed E-state index contributed by atoms with van der Waals surface area (Å²) in [6.07, 6.45) is 5.89. The van der Waals surface area contributed by atoms with Crippen molar-refractivity contribution in [1.82, 2.24) is 19.7 Å². The van der Waals surface area contributed by atoms with Crippen molar-refractivity contribution >= 4 is 16.7 Å². The molecule has 0 unspecified atom stereocenters. The van der Waals surface area contributed by atoms with E-state index in [0.29, 0.717) is 28.5 Å². The number of benzene rings is 1. The van der Waals surface area contributed by atoms with Crippen LogP contribution in [0.4, 0.5) is 5.69 Å². The molecule has 124 valence electrons. The smallest absolute Gasteiger partial charge is 0.262 e. The van der Waals surface area contributed by atoms with E-state index in [4.69, 9.17) is 5.73 Å². The second kappa shape index (κ2) is 5.78. The number of fused-ring (bicyclic) bond motifs is 1. The maximum Gasteiger partial charge on any atom is 0.262 e. The van der Waals surface area contributed by atoms with E-state index in [1.807, 2.05) is 19.2 Å². The molecule has 0 aliphatic heterocycles. The Labute approximate surface area is 139 Å². The van der Waals surface area contributed by atoms with E-state index >= 15 is 0 Å². The van der Waals surface area contributed by atoms with E-state index in [-0.39, 0.29) is 5.56 Å². The van der Waals surface area contributed by atoms with Crippen LogP contribution in [-0.4, -0.2) is 19.7 Å². The first-order valence-corrected chi connectivity index (χ1v) is 8.46. The summed E-state index contributed by atoms with van der Waals surface area (Å²) >= 11 is 0. The molecule has 1 aliphatic rings. The SMILES string of the molecule is Cn1nc(C2CCCCC2)c2c(=O)[nH]c(-c3ccc(N)cc3)nc21. The van der Waals surface area contributed by atoms with Crippen LogP contribution in [0.2, 0.25) is 0 Å². The van der Waals surface area contributed by atoms with Gasteiger partial charge in [0.05, 0.1) is 5.69 Å². The van der Waals surface area contributed by atoms with Gasteiger partial charge in [-0.15, -0.1) is 0 Å². The van der Waals surface area contributed by atoms with Gasteiger partial charge in [0.2, 0.25) is 0 Å². The van der Waals surface area contributed by atoms with E-state index in [9.17, 15) is 4.79 Å². The molecule has 3 aromatic rings. The van der Waals surface area contributed by atoms with Crippen molar-refractivity contribution in [1.29, 1.82) is 0 Å². The lowest BCUT2D eigenvalue weighted by Gasteiger charge is -2.19. The van der Waals surface area contributed by atoms with Crippen molar-refractivity contribution in [2.24, 2.45) is 7.05 Å². The Kier molecular flexibility index (Phi) is 3.59. The third-order valence-corrected chi connectivity index (χ3v) is 4.90. The zero-order valence-electron chi connectivity index (χ0n) is 13.7. The number of rotatable bonds is 2. The maximum atomic E-state index is 12.7. The third kappa shape index (κ3) is 2.48. The minimum atomic E-state index is -0.111. The van der Waals surface area contributed by atoms with Crippen molar-refractivity contribution in [3.05, 3.63) is 40.3 Å². The van der Waals surface area contributed by atoms with E-state index < -0.39 is 0 Å². The maximum absolute atomic E-state index is 12.7. The summed E-state index contributed by atoms with van der Waals surface area (Å²) in [5.74, 6) is 0.915. The molecule has 0 atom stereocenters. The van der Waals surface area contributed by atoms with Crippen LogP contribution in [-0.2, 0) is 7.05 Å². The summed E-state index contributed by atoms with van der Waals surface area (Å²) in [6.45, 7) is 0. The topological polar surface area (TPSA) is 89.6 Å². The molecule has 6 heteroatoms. The van der Waals surface area contributed by atoms with Gasteiger partial charge < -0.3 is 10.7 Å². The zero-order chi connectivity index (χ0) is 16.7. The van der Waals surface area contributed by atoms with Gasteiger partial charge in [-0.05, 0) is 37.1 Å². The number of hydrogen-bond donors (Lipinski definition) is 2. The largest absolute Gasteiger partial charge is 0.399 e. The van der Waals surface area contributed by atoms with Crippen molar-refractivity contribution in [3.63, 3.8) is 0 Å². The highest BCUT2D eigenvalue weighted by Crippen LogP contribution is 2.34. The molecule has 0 saturated heterocycles. The Morgan fingerprint density at radius 1 is 1.17 bits per heavy atom. The minimum Gasteiger partial charge on any atom is -0.399 e. The van der Waals surface area contributed by atoms with Crippen molar-refractivity contribution in [2.75, 3.05) is 5.73 Å². The first kappa shape index (κ1) is 14.9. The van der Waals surface area contributed by atoms with Gasteiger partial charge in [-0.2, -0.15) is 5.10 Å². The molecule has 6 nitrogen and oxygen atoms in total. The van der Waals surface area contributed by atoms with Gasteiger partial charge in [-0.25, -0.2) is 9.67 Å². The number of aromatic nitrogens is 4. The van der Waals surface area contributed by atoms with Crippen molar-refractivity contribution < 1.29 is 0 Å². The van der Waals surface area contributed by atoms with Crippen molar-refractivity contribution in [3.8, 4) is 11.4 Å². The van der Waals surface area contributed by atoms with E-state index in [1.165, 1.54) is 19.3 Å². The minimum absolute atomic E-state index is 0.111. The van der Waals surface area contributed by atoms with Gasteiger partial charge in [0.15, 0.2) is 5.65 Å². The van der Waals surface area contributed by atoms with Crippen LogP contribution in [0.25, 0.3) is 22.4 Å². The summed E-state index contributed by atoms with van der Waals surface area (Å²) in [5, 5.41) is 5.28. The van der Waals surface area contributed by atoms with Crippen LogP contribution in [0.5, 0.6) is 0 Å². The zero-order valence-corrected chi connectivity index (χ0v) is 13.7. The number of H-pyrrole nitrogens is 1. The molecule has 24 heavy (non-hydrogen) atoms. The molecule has 1 saturated carbocycles. The van der Waals surface area contributed by atoms with E-state index in [1.54, 1.807) is 16.8 Å². The predicted molar refractivity (Wildman–Crippen MR) is 94.8 cm³/mol. The predicted octanol–water partition coefficient (Wildman–Crippen LogP) is 2.95. The van der Waals surface area contributed by atoms with Gasteiger partial charge >= 0.3 is 0 Å². The van der Waals surface area contributed by atoms with Crippen LogP contribution in [0.15, 0.2) is 29.1 Å². The van der Waals surface area contributed by atoms with E-state index in [0.717, 1.165) is 24.1 Å². The van der Waals surface area contributed by atoms with E-state index in [2.05, 4.69) is 15.1 Å². The Morgan fingerprint density at radius 3 is 2.58 bits per heavy atom. The Bertz CT molecular complexity index is 932. The first-order valence-electron chi connectivity index (χ1n) is 8.46. The number of nitrogens with one attached hydrogen (secondary N) is 1. The highest BCUT2D eigenvalue weighted by molar-refractivity contribution is 5.80. The molecule has 4 rings (SSSR count). The fraction of sp³-hybridized carbons (Fsp3) is 0.389. The molecule has 3 N–H and O–H groups in total. The van der Waals surface area contributed by atoms with Gasteiger partial charge in [0.25, 0.3) is 5.56 Å². The van der Waals surface area contributed by atoms with Gasteiger partial charge in [0.1, 0.15) is 11.2 Å². The standard InChI is InChI=1S/C18H21N5O/c1-23-17-14(15(22-23)11-5-3-2-4-6-11)18(24)21-16(20-17)12-7-9-13(19)10-8-12/h7-11H,2-6,19H2,1H3,(H,20,21,24). The number of nitrogens with zero attached hydrogens (tertiary/aromatic N) is 3. The second-order valence-electron chi connectivity index (χ2n) is 6.58. The molecule has 0 bridgehead atoms. The number of aromatic amines is 1. The highest BCUT2D eigenvalue weighted by atomic mass is 16.1. The number of aryl methyl sites for hydroxylation is 1. The monoisotopic (exact) mass is 323 g/mol. The first-order chi connectivity index (χ1) is 11.6. The number of hydrogen-bond acceptors (Lipinski definition) is 4. The molecule has 2 heterocycles. The second-order valence-corrected chi connectivity index (χ2v) is 6.58. The fourth-order valence-electron chi connectivity index (χ4n) is 3.62. The van der Waals surface area contributed by atoms with Crippen molar-refractivity contribution in [2.45, 2.75) is 38.0 Å². The highest BCUT2D eigenvalue weighted by Gasteiger charge is 2.24. The van der Waals surface area contributed by atoms with Crippen LogP contribution in [0.1, 0.15) is 43.7 Å². The van der Waals surface area contributed by atoms with Crippen LogP contribution in [0.3, 0.4) is 0 Å². The Balaban J connectivity index is 1.86. The summed E-state index contributed by atoms with van der Waals surface area (Å²) in [4.78, 5) is 20.3. The summed E-state index contributed by atoms with van der Waals surface area (Å²) < 4.78 is 1.73. The quantitative estimate of drug-likeness (QED) is 0.710. The average molecular weight is 323 g/mol. The number of anilines is 1. The van der Waals surface area contributed by atoms with Gasteiger partial charge in [0, 0.05) is 24.2 Å². The Morgan fingerprint density at radius 2 is 1.88 bits per heavy atom. The summed E-state index contributed by atoms with van der Waals surface area (Å²) in [6, 6.07) is 7.32. The molecular formula is C18H21N5O. The molecule has 1 aromatic carbocycles. The van der Waals surface area contributed by atoms with Crippen LogP contribution >= 0.6 is 0 Å². The number of nitrogen functional groups attached to an aromatic ring is 1. The molecule has 2 aromatic heterocycles. The molecular weight excluding hydrogens is 302 g/mol. The lowest BCUT2D eigenvalue weighted by Crippen LogP contribution is -2.13. The third-order valence-electron chi connectivity index (χ3n) is 4.90. The molecule has 0 radical (unpaired) electrons. The molecule has 1 aliphatic carbocycles.